The number of benzene rings is 1. The normalized spacial score (nSPS) is 17.7. The van der Waals surface area contributed by atoms with E-state index in [2.05, 4.69) is 10.2 Å². The molecule has 0 amide bonds. The Morgan fingerprint density at radius 3 is 2.86 bits per heavy atom. The average molecular weight is 398 g/mol. The van der Waals surface area contributed by atoms with Gasteiger partial charge in [0, 0.05) is 30.4 Å². The number of aromatic amines is 1. The monoisotopic (exact) mass is 398 g/mol. The van der Waals surface area contributed by atoms with Crippen molar-refractivity contribution in [1.82, 2.24) is 19.5 Å². The van der Waals surface area contributed by atoms with E-state index in [1.165, 1.54) is 16.7 Å². The van der Waals surface area contributed by atoms with Gasteiger partial charge in [-0.2, -0.15) is 9.40 Å². The largest absolute Gasteiger partial charge is 0.496 e. The minimum absolute atomic E-state index is 0.185. The summed E-state index contributed by atoms with van der Waals surface area (Å²) in [4.78, 5) is 4.97. The molecule has 1 aromatic carbocycles. The average Bonchev–Trinajstić information content (AvgIpc) is 3.41. The third kappa shape index (κ3) is 3.53. The van der Waals surface area contributed by atoms with Crippen LogP contribution < -0.4 is 4.74 Å². The number of pyridine rings is 1. The fraction of sp³-hybridized carbons (Fsp3) is 0.300. The molecule has 1 fully saturated rings. The van der Waals surface area contributed by atoms with Gasteiger partial charge < -0.3 is 4.74 Å². The summed E-state index contributed by atoms with van der Waals surface area (Å²) >= 11 is 0. The number of para-hydroxylation sites is 1. The number of aromatic nitrogens is 3. The van der Waals surface area contributed by atoms with Crippen LogP contribution in [0.5, 0.6) is 5.75 Å². The lowest BCUT2D eigenvalue weighted by molar-refractivity contribution is 0.390. The second-order valence-corrected chi connectivity index (χ2v) is 8.64. The highest BCUT2D eigenvalue weighted by Crippen LogP contribution is 2.35. The number of nitrogens with one attached hydrogen (secondary N) is 1. The van der Waals surface area contributed by atoms with Crippen LogP contribution >= 0.6 is 0 Å². The molecular weight excluding hydrogens is 376 g/mol. The molecule has 0 bridgehead atoms. The number of H-pyrrole nitrogens is 1. The van der Waals surface area contributed by atoms with E-state index in [1.54, 1.807) is 7.11 Å². The van der Waals surface area contributed by atoms with Gasteiger partial charge in [0.15, 0.2) is 0 Å². The van der Waals surface area contributed by atoms with Crippen molar-refractivity contribution in [2.45, 2.75) is 30.2 Å². The minimum Gasteiger partial charge on any atom is -0.496 e. The Balaban J connectivity index is 1.62. The minimum atomic E-state index is -3.60. The Labute approximate surface area is 164 Å². The molecule has 1 N–H and O–H groups in total. The molecule has 0 spiro atoms. The third-order valence-electron chi connectivity index (χ3n) is 5.02. The van der Waals surface area contributed by atoms with Gasteiger partial charge in [-0.3, -0.25) is 10.1 Å². The van der Waals surface area contributed by atoms with Crippen molar-refractivity contribution in [3.8, 4) is 5.75 Å². The zero-order chi connectivity index (χ0) is 19.6. The van der Waals surface area contributed by atoms with Crippen LogP contribution in [0.3, 0.4) is 0 Å². The summed E-state index contributed by atoms with van der Waals surface area (Å²) in [5.41, 5.74) is 2.70. The van der Waals surface area contributed by atoms with E-state index in [0.717, 1.165) is 35.5 Å². The van der Waals surface area contributed by atoms with E-state index in [4.69, 9.17) is 9.72 Å². The third-order valence-corrected chi connectivity index (χ3v) is 6.89. The second kappa shape index (κ2) is 7.73. The zero-order valence-corrected chi connectivity index (χ0v) is 16.4. The topological polar surface area (TPSA) is 88.2 Å². The number of hydrogen-bond acceptors (Lipinski definition) is 5. The molecule has 0 aliphatic carbocycles. The first-order valence-electron chi connectivity index (χ1n) is 9.18. The summed E-state index contributed by atoms with van der Waals surface area (Å²) in [6.45, 7) is 0.483. The van der Waals surface area contributed by atoms with Crippen molar-refractivity contribution >= 4 is 10.0 Å². The lowest BCUT2D eigenvalue weighted by atomic mass is 10.1. The van der Waals surface area contributed by atoms with Crippen LogP contribution in [0.4, 0.5) is 0 Å². The van der Waals surface area contributed by atoms with E-state index in [0.29, 0.717) is 13.0 Å². The Morgan fingerprint density at radius 1 is 1.21 bits per heavy atom. The maximum Gasteiger partial charge on any atom is 0.246 e. The van der Waals surface area contributed by atoms with Crippen LogP contribution in [0.1, 0.15) is 35.8 Å². The van der Waals surface area contributed by atoms with Crippen LogP contribution in [0.2, 0.25) is 0 Å². The first-order chi connectivity index (χ1) is 13.6. The van der Waals surface area contributed by atoms with Gasteiger partial charge in [-0.1, -0.05) is 24.3 Å². The lowest BCUT2D eigenvalue weighted by Gasteiger charge is -2.23. The highest BCUT2D eigenvalue weighted by atomic mass is 32.2. The van der Waals surface area contributed by atoms with Gasteiger partial charge in [0.05, 0.1) is 25.0 Å². The van der Waals surface area contributed by atoms with Gasteiger partial charge >= 0.3 is 0 Å². The highest BCUT2D eigenvalue weighted by molar-refractivity contribution is 7.89. The predicted molar refractivity (Wildman–Crippen MR) is 104 cm³/mol. The van der Waals surface area contributed by atoms with E-state index in [-0.39, 0.29) is 10.9 Å². The summed E-state index contributed by atoms with van der Waals surface area (Å²) in [6, 6.07) is 13.4. The van der Waals surface area contributed by atoms with Gasteiger partial charge in [-0.15, -0.1) is 0 Å². The van der Waals surface area contributed by atoms with Crippen LogP contribution in [0, 0.1) is 0 Å². The molecule has 4 rings (SSSR count). The van der Waals surface area contributed by atoms with E-state index in [9.17, 15) is 8.42 Å². The number of sulfonamides is 1. The Kier molecular flexibility index (Phi) is 5.15. The van der Waals surface area contributed by atoms with Gasteiger partial charge in [0.2, 0.25) is 10.0 Å². The zero-order valence-electron chi connectivity index (χ0n) is 15.6. The fourth-order valence-electron chi connectivity index (χ4n) is 3.67. The number of hydrogen-bond donors (Lipinski definition) is 1. The standard InChI is InChI=1S/C20H22N4O3S/c1-27-20-10-3-2-6-15(20)12-16-7-4-8-18(23-16)19-9-5-11-24(19)28(25,26)17-13-21-22-14-17/h2-4,6-8,10,13-14,19H,5,9,11-12H2,1H3,(H,21,22)/t19-/m1/s1. The van der Waals surface area contributed by atoms with Crippen molar-refractivity contribution in [2.75, 3.05) is 13.7 Å². The van der Waals surface area contributed by atoms with Crippen molar-refractivity contribution in [3.63, 3.8) is 0 Å². The summed E-state index contributed by atoms with van der Waals surface area (Å²) in [7, 11) is -1.94. The number of nitrogens with zero attached hydrogens (tertiary/aromatic N) is 3. The first kappa shape index (κ1) is 18.6. The maximum atomic E-state index is 13.0. The Morgan fingerprint density at radius 2 is 2.07 bits per heavy atom. The Bertz CT molecular complexity index is 1050. The van der Waals surface area contributed by atoms with Crippen LogP contribution in [0.25, 0.3) is 0 Å². The van der Waals surface area contributed by atoms with E-state index >= 15 is 0 Å². The van der Waals surface area contributed by atoms with Crippen LogP contribution in [-0.2, 0) is 16.4 Å². The number of ether oxygens (including phenoxy) is 1. The molecule has 28 heavy (non-hydrogen) atoms. The SMILES string of the molecule is COc1ccccc1Cc1cccc([C@H]2CCCN2S(=O)(=O)c2cn[nH]c2)n1. The molecule has 1 saturated heterocycles. The molecule has 7 nitrogen and oxygen atoms in total. The van der Waals surface area contributed by atoms with Crippen molar-refractivity contribution < 1.29 is 13.2 Å². The van der Waals surface area contributed by atoms with E-state index in [1.807, 2.05) is 42.5 Å². The van der Waals surface area contributed by atoms with Crippen molar-refractivity contribution in [1.29, 1.82) is 0 Å². The molecule has 0 radical (unpaired) electrons. The molecule has 8 heteroatoms. The summed E-state index contributed by atoms with van der Waals surface area (Å²) < 4.78 is 32.9. The molecular formula is C20H22N4O3S. The quantitative estimate of drug-likeness (QED) is 0.690. The van der Waals surface area contributed by atoms with Gasteiger partial charge in [-0.25, -0.2) is 8.42 Å². The molecule has 1 atom stereocenters. The van der Waals surface area contributed by atoms with Crippen molar-refractivity contribution in [2.24, 2.45) is 0 Å². The van der Waals surface area contributed by atoms with Gasteiger partial charge in [0.1, 0.15) is 10.6 Å². The molecule has 2 aromatic heterocycles. The lowest BCUT2D eigenvalue weighted by Crippen LogP contribution is -2.31. The highest BCUT2D eigenvalue weighted by Gasteiger charge is 2.37. The molecule has 3 aromatic rings. The summed E-state index contributed by atoms with van der Waals surface area (Å²) in [5, 5.41) is 6.35. The van der Waals surface area contributed by atoms with Gasteiger partial charge in [0.25, 0.3) is 0 Å². The maximum absolute atomic E-state index is 13.0. The molecule has 3 heterocycles. The predicted octanol–water partition coefficient (Wildman–Crippen LogP) is 2.93. The van der Waals surface area contributed by atoms with Crippen LogP contribution in [-0.4, -0.2) is 41.6 Å². The molecule has 1 aliphatic heterocycles. The molecule has 0 unspecified atom stereocenters. The molecule has 1 aliphatic rings. The van der Waals surface area contributed by atoms with Gasteiger partial charge in [-0.05, 0) is 31.0 Å². The fourth-order valence-corrected chi connectivity index (χ4v) is 5.24. The van der Waals surface area contributed by atoms with Crippen molar-refractivity contribution in [3.05, 3.63) is 71.8 Å². The summed E-state index contributed by atoms with van der Waals surface area (Å²) in [5.74, 6) is 0.819. The van der Waals surface area contributed by atoms with E-state index < -0.39 is 10.0 Å². The number of methoxy groups -OCH3 is 1. The number of rotatable bonds is 6. The Hall–Kier alpha value is -2.71. The molecule has 146 valence electrons. The summed E-state index contributed by atoms with van der Waals surface area (Å²) in [6.07, 6.45) is 4.94. The van der Waals surface area contributed by atoms with Crippen LogP contribution in [0.15, 0.2) is 59.8 Å². The second-order valence-electron chi connectivity index (χ2n) is 6.75. The first-order valence-corrected chi connectivity index (χ1v) is 10.6. The smallest absolute Gasteiger partial charge is 0.246 e. The molecule has 0 saturated carbocycles.